The van der Waals surface area contributed by atoms with Crippen molar-refractivity contribution in [3.63, 3.8) is 0 Å². The van der Waals surface area contributed by atoms with Crippen molar-refractivity contribution in [1.82, 2.24) is 15.1 Å². The largest absolute Gasteiger partial charge is 0.385 e. The molecule has 2 aliphatic rings. The SMILES string of the molecule is CN=C(NCCCCCOC)N1CCN(C(=O)C2CCCO2)CC1. The molecule has 0 aromatic rings. The van der Waals surface area contributed by atoms with Crippen LogP contribution in [0.15, 0.2) is 4.99 Å². The molecular formula is C17H32N4O3. The zero-order valence-corrected chi connectivity index (χ0v) is 15.1. The predicted octanol–water partition coefficient (Wildman–Crippen LogP) is 0.702. The molecule has 0 saturated carbocycles. The Bertz CT molecular complexity index is 403. The van der Waals surface area contributed by atoms with Crippen molar-refractivity contribution in [2.75, 3.05) is 60.1 Å². The molecule has 0 radical (unpaired) electrons. The van der Waals surface area contributed by atoms with Gasteiger partial charge in [0, 0.05) is 60.1 Å². The molecule has 2 aliphatic heterocycles. The number of nitrogens with zero attached hydrogens (tertiary/aromatic N) is 3. The van der Waals surface area contributed by atoms with Crippen LogP contribution < -0.4 is 5.32 Å². The molecular weight excluding hydrogens is 308 g/mol. The molecule has 2 rings (SSSR count). The third kappa shape index (κ3) is 5.63. The highest BCUT2D eigenvalue weighted by Gasteiger charge is 2.30. The Morgan fingerprint density at radius 2 is 1.96 bits per heavy atom. The van der Waals surface area contributed by atoms with Crippen LogP contribution in [0.5, 0.6) is 0 Å². The zero-order valence-electron chi connectivity index (χ0n) is 15.1. The van der Waals surface area contributed by atoms with E-state index in [0.717, 1.165) is 84.0 Å². The van der Waals surface area contributed by atoms with Crippen LogP contribution in [0, 0.1) is 0 Å². The lowest BCUT2D eigenvalue weighted by molar-refractivity contribution is -0.142. The summed E-state index contributed by atoms with van der Waals surface area (Å²) in [4.78, 5) is 20.9. The average Bonchev–Trinajstić information content (AvgIpc) is 3.15. The summed E-state index contributed by atoms with van der Waals surface area (Å²) in [5, 5.41) is 3.42. The van der Waals surface area contributed by atoms with Gasteiger partial charge in [0.25, 0.3) is 5.91 Å². The lowest BCUT2D eigenvalue weighted by atomic mass is 10.2. The summed E-state index contributed by atoms with van der Waals surface area (Å²) in [5.74, 6) is 1.10. The van der Waals surface area contributed by atoms with Gasteiger partial charge in [0.2, 0.25) is 0 Å². The number of hydrogen-bond donors (Lipinski definition) is 1. The highest BCUT2D eigenvalue weighted by Crippen LogP contribution is 2.16. The summed E-state index contributed by atoms with van der Waals surface area (Å²) in [7, 11) is 3.56. The fraction of sp³-hybridized carbons (Fsp3) is 0.882. The van der Waals surface area contributed by atoms with Crippen molar-refractivity contribution in [2.45, 2.75) is 38.2 Å². The van der Waals surface area contributed by atoms with E-state index in [2.05, 4.69) is 15.2 Å². The molecule has 2 fully saturated rings. The molecule has 0 spiro atoms. The molecule has 2 heterocycles. The Balaban J connectivity index is 1.66. The normalized spacial score (nSPS) is 22.1. The Kier molecular flexibility index (Phi) is 8.32. The second-order valence-electron chi connectivity index (χ2n) is 6.34. The van der Waals surface area contributed by atoms with E-state index in [-0.39, 0.29) is 12.0 Å². The van der Waals surface area contributed by atoms with Crippen LogP contribution in [0.2, 0.25) is 0 Å². The number of hydrogen-bond acceptors (Lipinski definition) is 4. The number of guanidine groups is 1. The highest BCUT2D eigenvalue weighted by molar-refractivity contribution is 5.82. The van der Waals surface area contributed by atoms with E-state index in [1.165, 1.54) is 0 Å². The van der Waals surface area contributed by atoms with Crippen molar-refractivity contribution in [3.8, 4) is 0 Å². The smallest absolute Gasteiger partial charge is 0.251 e. The second-order valence-corrected chi connectivity index (χ2v) is 6.34. The van der Waals surface area contributed by atoms with E-state index in [4.69, 9.17) is 9.47 Å². The maximum Gasteiger partial charge on any atom is 0.251 e. The molecule has 1 unspecified atom stereocenters. The number of aliphatic imine (C=N–C) groups is 1. The molecule has 1 atom stereocenters. The predicted molar refractivity (Wildman–Crippen MR) is 94.2 cm³/mol. The molecule has 0 aromatic heterocycles. The summed E-state index contributed by atoms with van der Waals surface area (Å²) in [6.07, 6.45) is 5.02. The first kappa shape index (κ1) is 19.0. The molecule has 0 aliphatic carbocycles. The number of unbranched alkanes of at least 4 members (excludes halogenated alkanes) is 2. The summed E-state index contributed by atoms with van der Waals surface area (Å²) in [6, 6.07) is 0. The summed E-state index contributed by atoms with van der Waals surface area (Å²) in [6.45, 7) is 5.60. The third-order valence-corrected chi connectivity index (χ3v) is 4.62. The number of piperazine rings is 1. The van der Waals surface area contributed by atoms with E-state index >= 15 is 0 Å². The number of carbonyl (C=O) groups is 1. The number of amides is 1. The molecule has 138 valence electrons. The van der Waals surface area contributed by atoms with E-state index in [1.807, 2.05) is 11.9 Å². The Labute approximate surface area is 145 Å². The molecule has 0 aromatic carbocycles. The van der Waals surface area contributed by atoms with Gasteiger partial charge in [0.1, 0.15) is 6.10 Å². The van der Waals surface area contributed by atoms with Crippen LogP contribution in [0.1, 0.15) is 32.1 Å². The van der Waals surface area contributed by atoms with Gasteiger partial charge in [-0.2, -0.15) is 0 Å². The van der Waals surface area contributed by atoms with Crippen molar-refractivity contribution in [3.05, 3.63) is 0 Å². The van der Waals surface area contributed by atoms with Crippen LogP contribution in [-0.2, 0) is 14.3 Å². The molecule has 7 heteroatoms. The third-order valence-electron chi connectivity index (χ3n) is 4.62. The first-order chi connectivity index (χ1) is 11.8. The topological polar surface area (TPSA) is 66.4 Å². The molecule has 1 amide bonds. The summed E-state index contributed by atoms with van der Waals surface area (Å²) < 4.78 is 10.6. The summed E-state index contributed by atoms with van der Waals surface area (Å²) in [5.41, 5.74) is 0. The van der Waals surface area contributed by atoms with Gasteiger partial charge in [-0.05, 0) is 32.1 Å². The Hall–Kier alpha value is -1.34. The van der Waals surface area contributed by atoms with Crippen LogP contribution in [0.25, 0.3) is 0 Å². The van der Waals surface area contributed by atoms with Crippen molar-refractivity contribution < 1.29 is 14.3 Å². The van der Waals surface area contributed by atoms with Crippen LogP contribution in [0.4, 0.5) is 0 Å². The monoisotopic (exact) mass is 340 g/mol. The Morgan fingerprint density at radius 3 is 2.58 bits per heavy atom. The number of carbonyl (C=O) groups excluding carboxylic acids is 1. The highest BCUT2D eigenvalue weighted by atomic mass is 16.5. The van der Waals surface area contributed by atoms with Gasteiger partial charge < -0.3 is 24.6 Å². The lowest BCUT2D eigenvalue weighted by Gasteiger charge is -2.37. The average molecular weight is 340 g/mol. The van der Waals surface area contributed by atoms with Crippen LogP contribution >= 0.6 is 0 Å². The fourth-order valence-electron chi connectivity index (χ4n) is 3.20. The second kappa shape index (κ2) is 10.5. The van der Waals surface area contributed by atoms with Gasteiger partial charge in [-0.3, -0.25) is 9.79 Å². The first-order valence-corrected chi connectivity index (χ1v) is 9.11. The Morgan fingerprint density at radius 1 is 1.21 bits per heavy atom. The maximum atomic E-state index is 12.4. The zero-order chi connectivity index (χ0) is 17.2. The van der Waals surface area contributed by atoms with Crippen LogP contribution in [-0.4, -0.2) is 87.9 Å². The molecule has 2 saturated heterocycles. The summed E-state index contributed by atoms with van der Waals surface area (Å²) >= 11 is 0. The number of methoxy groups -OCH3 is 1. The first-order valence-electron chi connectivity index (χ1n) is 9.11. The molecule has 0 bridgehead atoms. The van der Waals surface area contributed by atoms with Crippen molar-refractivity contribution in [1.29, 1.82) is 0 Å². The molecule has 1 N–H and O–H groups in total. The van der Waals surface area contributed by atoms with Crippen molar-refractivity contribution in [2.24, 2.45) is 4.99 Å². The number of ether oxygens (including phenoxy) is 2. The lowest BCUT2D eigenvalue weighted by Crippen LogP contribution is -2.55. The van der Waals surface area contributed by atoms with Gasteiger partial charge in [-0.25, -0.2) is 0 Å². The minimum Gasteiger partial charge on any atom is -0.385 e. The maximum absolute atomic E-state index is 12.4. The standard InChI is InChI=1S/C17H32N4O3/c1-18-17(19-8-4-3-5-13-23-2)21-11-9-20(10-12-21)16(22)15-7-6-14-24-15/h15H,3-14H2,1-2H3,(H,18,19). The molecule has 7 nitrogen and oxygen atoms in total. The minimum atomic E-state index is -0.207. The van der Waals surface area contributed by atoms with E-state index in [1.54, 1.807) is 7.11 Å². The van der Waals surface area contributed by atoms with Crippen molar-refractivity contribution >= 4 is 11.9 Å². The van der Waals surface area contributed by atoms with Crippen LogP contribution in [0.3, 0.4) is 0 Å². The van der Waals surface area contributed by atoms with E-state index in [0.29, 0.717) is 0 Å². The number of nitrogens with one attached hydrogen (secondary N) is 1. The molecule has 24 heavy (non-hydrogen) atoms. The number of rotatable bonds is 7. The van der Waals surface area contributed by atoms with Gasteiger partial charge in [-0.15, -0.1) is 0 Å². The van der Waals surface area contributed by atoms with Gasteiger partial charge in [-0.1, -0.05) is 0 Å². The van der Waals surface area contributed by atoms with Gasteiger partial charge in [0.05, 0.1) is 0 Å². The van der Waals surface area contributed by atoms with Gasteiger partial charge >= 0.3 is 0 Å². The van der Waals surface area contributed by atoms with E-state index < -0.39 is 0 Å². The fourth-order valence-corrected chi connectivity index (χ4v) is 3.20. The van der Waals surface area contributed by atoms with Gasteiger partial charge in [0.15, 0.2) is 5.96 Å². The quantitative estimate of drug-likeness (QED) is 0.420. The minimum absolute atomic E-state index is 0.160. The van der Waals surface area contributed by atoms with E-state index in [9.17, 15) is 4.79 Å².